The van der Waals surface area contributed by atoms with Gasteiger partial charge in [-0.1, -0.05) is 0 Å². The van der Waals surface area contributed by atoms with E-state index in [4.69, 9.17) is 5.11 Å². The minimum atomic E-state index is -0.812. The van der Waals surface area contributed by atoms with E-state index in [2.05, 4.69) is 10.6 Å². The van der Waals surface area contributed by atoms with E-state index in [0.29, 0.717) is 26.2 Å². The Hall–Kier alpha value is -1.34. The van der Waals surface area contributed by atoms with Crippen LogP contribution in [0.15, 0.2) is 0 Å². The molecule has 0 aliphatic carbocycles. The number of piperazine rings is 1. The fourth-order valence-electron chi connectivity index (χ4n) is 2.53. The standard InChI is InChI=1S/C12H22N4O3/c17-11(18)9-15-5-7-16(8-6-15)12(19)14-10-1-3-13-4-2-10/h10,13H,1-9H2,(H,14,19)(H,17,18). The molecule has 0 aromatic heterocycles. The van der Waals surface area contributed by atoms with Gasteiger partial charge in [-0.05, 0) is 25.9 Å². The third-order valence-electron chi connectivity index (χ3n) is 3.69. The first-order valence-electron chi connectivity index (χ1n) is 6.85. The molecule has 0 bridgehead atoms. The lowest BCUT2D eigenvalue weighted by molar-refractivity contribution is -0.138. The van der Waals surface area contributed by atoms with Gasteiger partial charge in [0.05, 0.1) is 6.54 Å². The number of carboxylic acid groups (broad SMARTS) is 1. The van der Waals surface area contributed by atoms with E-state index in [1.165, 1.54) is 0 Å². The van der Waals surface area contributed by atoms with Crippen LogP contribution < -0.4 is 10.6 Å². The van der Waals surface area contributed by atoms with Gasteiger partial charge in [0.15, 0.2) is 0 Å². The van der Waals surface area contributed by atoms with Crippen molar-refractivity contribution in [2.24, 2.45) is 0 Å². The molecule has 2 aliphatic rings. The highest BCUT2D eigenvalue weighted by molar-refractivity contribution is 5.74. The van der Waals surface area contributed by atoms with Gasteiger partial charge in [-0.3, -0.25) is 9.69 Å². The Bertz CT molecular complexity index is 323. The molecule has 108 valence electrons. The van der Waals surface area contributed by atoms with Crippen LogP contribution >= 0.6 is 0 Å². The molecule has 19 heavy (non-hydrogen) atoms. The third-order valence-corrected chi connectivity index (χ3v) is 3.69. The van der Waals surface area contributed by atoms with E-state index >= 15 is 0 Å². The summed E-state index contributed by atoms with van der Waals surface area (Å²) in [6, 6.07) is 0.257. The fourth-order valence-corrected chi connectivity index (χ4v) is 2.53. The smallest absolute Gasteiger partial charge is 0.317 e. The minimum Gasteiger partial charge on any atom is -0.480 e. The summed E-state index contributed by atoms with van der Waals surface area (Å²) in [6.07, 6.45) is 1.95. The molecule has 2 rings (SSSR count). The summed E-state index contributed by atoms with van der Waals surface area (Å²) in [5.74, 6) is -0.812. The first kappa shape index (κ1) is 14.1. The molecule has 0 spiro atoms. The van der Waals surface area contributed by atoms with Crippen molar-refractivity contribution in [2.45, 2.75) is 18.9 Å². The molecule has 2 heterocycles. The summed E-state index contributed by atoms with van der Waals surface area (Å²) in [4.78, 5) is 26.3. The molecule has 0 unspecified atom stereocenters. The van der Waals surface area contributed by atoms with Crippen LogP contribution in [0.3, 0.4) is 0 Å². The van der Waals surface area contributed by atoms with Gasteiger partial charge in [0.2, 0.25) is 0 Å². The predicted molar refractivity (Wildman–Crippen MR) is 70.1 cm³/mol. The lowest BCUT2D eigenvalue weighted by atomic mass is 10.1. The maximum absolute atomic E-state index is 12.1. The van der Waals surface area contributed by atoms with Gasteiger partial charge in [-0.2, -0.15) is 0 Å². The average molecular weight is 270 g/mol. The van der Waals surface area contributed by atoms with Crippen molar-refractivity contribution >= 4 is 12.0 Å². The van der Waals surface area contributed by atoms with Crippen molar-refractivity contribution in [1.29, 1.82) is 0 Å². The van der Waals surface area contributed by atoms with Crippen molar-refractivity contribution < 1.29 is 14.7 Å². The Morgan fingerprint density at radius 2 is 1.79 bits per heavy atom. The summed E-state index contributed by atoms with van der Waals surface area (Å²) in [7, 11) is 0. The van der Waals surface area contributed by atoms with E-state index in [-0.39, 0.29) is 18.6 Å². The molecule has 2 amide bonds. The molecule has 0 radical (unpaired) electrons. The quantitative estimate of drug-likeness (QED) is 0.622. The Morgan fingerprint density at radius 1 is 1.16 bits per heavy atom. The SMILES string of the molecule is O=C(O)CN1CCN(C(=O)NC2CCNCC2)CC1. The zero-order chi connectivity index (χ0) is 13.7. The fraction of sp³-hybridized carbons (Fsp3) is 0.833. The molecule has 7 heteroatoms. The van der Waals surface area contributed by atoms with E-state index in [1.807, 2.05) is 4.90 Å². The number of carboxylic acids is 1. The molecule has 2 aliphatic heterocycles. The van der Waals surface area contributed by atoms with Gasteiger partial charge in [0.1, 0.15) is 0 Å². The summed E-state index contributed by atoms with van der Waals surface area (Å²) in [6.45, 7) is 4.43. The van der Waals surface area contributed by atoms with Crippen LogP contribution in [0.1, 0.15) is 12.8 Å². The zero-order valence-corrected chi connectivity index (χ0v) is 11.1. The first-order valence-corrected chi connectivity index (χ1v) is 6.85. The second-order valence-electron chi connectivity index (χ2n) is 5.13. The number of hydrogen-bond acceptors (Lipinski definition) is 4. The van der Waals surface area contributed by atoms with Crippen LogP contribution in [0.2, 0.25) is 0 Å². The second-order valence-corrected chi connectivity index (χ2v) is 5.13. The van der Waals surface area contributed by atoms with Crippen molar-refractivity contribution in [1.82, 2.24) is 20.4 Å². The number of rotatable bonds is 3. The van der Waals surface area contributed by atoms with Crippen LogP contribution in [0.5, 0.6) is 0 Å². The van der Waals surface area contributed by atoms with Crippen molar-refractivity contribution in [3.63, 3.8) is 0 Å². The number of nitrogens with zero attached hydrogens (tertiary/aromatic N) is 2. The number of hydrogen-bond donors (Lipinski definition) is 3. The minimum absolute atomic E-state index is 0.0122. The Kier molecular flexibility index (Phi) is 4.98. The second kappa shape index (κ2) is 6.72. The zero-order valence-electron chi connectivity index (χ0n) is 11.1. The van der Waals surface area contributed by atoms with Crippen molar-refractivity contribution in [2.75, 3.05) is 45.8 Å². The highest BCUT2D eigenvalue weighted by Crippen LogP contribution is 2.06. The number of aliphatic carboxylic acids is 1. The molecule has 2 fully saturated rings. The molecule has 0 aromatic carbocycles. The normalized spacial score (nSPS) is 22.2. The number of amides is 2. The summed E-state index contributed by atoms with van der Waals surface area (Å²) in [5, 5.41) is 15.0. The number of carbonyl (C=O) groups excluding carboxylic acids is 1. The third kappa shape index (κ3) is 4.36. The molecule has 0 aromatic rings. The molecular formula is C12H22N4O3. The van der Waals surface area contributed by atoms with E-state index < -0.39 is 5.97 Å². The van der Waals surface area contributed by atoms with Crippen LogP contribution in [0.4, 0.5) is 4.79 Å². The summed E-state index contributed by atoms with van der Waals surface area (Å²) in [5.41, 5.74) is 0. The Morgan fingerprint density at radius 3 is 2.37 bits per heavy atom. The summed E-state index contributed by atoms with van der Waals surface area (Å²) >= 11 is 0. The topological polar surface area (TPSA) is 84.9 Å². The molecule has 0 atom stereocenters. The van der Waals surface area contributed by atoms with E-state index in [0.717, 1.165) is 25.9 Å². The number of urea groups is 1. The van der Waals surface area contributed by atoms with Gasteiger partial charge in [-0.15, -0.1) is 0 Å². The van der Waals surface area contributed by atoms with E-state index in [1.54, 1.807) is 4.90 Å². The van der Waals surface area contributed by atoms with Gasteiger partial charge in [0.25, 0.3) is 0 Å². The van der Waals surface area contributed by atoms with Crippen LogP contribution in [0.25, 0.3) is 0 Å². The van der Waals surface area contributed by atoms with Crippen molar-refractivity contribution in [3.8, 4) is 0 Å². The number of piperidine rings is 1. The van der Waals surface area contributed by atoms with Crippen LogP contribution in [-0.2, 0) is 4.79 Å². The lowest BCUT2D eigenvalue weighted by Gasteiger charge is -2.35. The highest BCUT2D eigenvalue weighted by Gasteiger charge is 2.24. The lowest BCUT2D eigenvalue weighted by Crippen LogP contribution is -2.55. The first-order chi connectivity index (χ1) is 9.15. The average Bonchev–Trinajstić information content (AvgIpc) is 2.40. The van der Waals surface area contributed by atoms with Gasteiger partial charge in [-0.25, -0.2) is 4.79 Å². The largest absolute Gasteiger partial charge is 0.480 e. The molecule has 0 saturated carbocycles. The Balaban J connectivity index is 1.71. The monoisotopic (exact) mass is 270 g/mol. The van der Waals surface area contributed by atoms with Crippen LogP contribution in [0, 0.1) is 0 Å². The van der Waals surface area contributed by atoms with Crippen LogP contribution in [-0.4, -0.2) is 78.8 Å². The molecule has 3 N–H and O–H groups in total. The highest BCUT2D eigenvalue weighted by atomic mass is 16.4. The summed E-state index contributed by atoms with van der Waals surface area (Å²) < 4.78 is 0. The maximum Gasteiger partial charge on any atom is 0.317 e. The molecule has 2 saturated heterocycles. The van der Waals surface area contributed by atoms with Crippen molar-refractivity contribution in [3.05, 3.63) is 0 Å². The van der Waals surface area contributed by atoms with Gasteiger partial charge >= 0.3 is 12.0 Å². The number of carbonyl (C=O) groups is 2. The number of nitrogens with one attached hydrogen (secondary N) is 2. The maximum atomic E-state index is 12.1. The van der Waals surface area contributed by atoms with Gasteiger partial charge in [0, 0.05) is 32.2 Å². The van der Waals surface area contributed by atoms with Gasteiger partial charge < -0.3 is 20.6 Å². The molecular weight excluding hydrogens is 248 g/mol. The predicted octanol–water partition coefficient (Wildman–Crippen LogP) is -0.850. The van der Waals surface area contributed by atoms with E-state index in [9.17, 15) is 9.59 Å². The Labute approximate surface area is 112 Å². The molecule has 7 nitrogen and oxygen atoms in total.